The van der Waals surface area contributed by atoms with Crippen molar-refractivity contribution < 1.29 is 9.59 Å². The van der Waals surface area contributed by atoms with E-state index in [2.05, 4.69) is 37.2 Å². The molecule has 0 aromatic heterocycles. The van der Waals surface area contributed by atoms with Gasteiger partial charge in [0.05, 0.1) is 12.1 Å². The first-order valence-electron chi connectivity index (χ1n) is 6.28. The lowest BCUT2D eigenvalue weighted by molar-refractivity contribution is -0.121. The average Bonchev–Trinajstić information content (AvgIpc) is 2.38. The van der Waals surface area contributed by atoms with E-state index >= 15 is 0 Å². The van der Waals surface area contributed by atoms with Crippen molar-refractivity contribution in [1.29, 1.82) is 0 Å². The Kier molecular flexibility index (Phi) is 6.68. The molecule has 0 aliphatic rings. The molecule has 0 heterocycles. The Balaban J connectivity index is 2.67. The molecule has 4 nitrogen and oxygen atoms in total. The second-order valence-electron chi connectivity index (χ2n) is 4.98. The third-order valence-corrected chi connectivity index (χ3v) is 3.78. The average molecular weight is 406 g/mol. The molecule has 0 saturated heterocycles. The van der Waals surface area contributed by atoms with Gasteiger partial charge in [0.15, 0.2) is 0 Å². The number of nitrogens with one attached hydrogen (secondary N) is 1. The lowest BCUT2D eigenvalue weighted by atomic mass is 10.2. The predicted octanol–water partition coefficient (Wildman–Crippen LogP) is 3.06. The number of hydrogen-bond acceptors (Lipinski definition) is 2. The number of nitrogens with zero attached hydrogens (tertiary/aromatic N) is 1. The lowest BCUT2D eigenvalue weighted by Gasteiger charge is -2.18. The number of hydrogen-bond donors (Lipinski definition) is 1. The molecule has 2 amide bonds. The first-order valence-corrected chi connectivity index (χ1v) is 7.87. The summed E-state index contributed by atoms with van der Waals surface area (Å²) in [4.78, 5) is 25.4. The molecule has 0 aliphatic heterocycles. The van der Waals surface area contributed by atoms with Gasteiger partial charge in [0, 0.05) is 22.5 Å². The van der Waals surface area contributed by atoms with Crippen molar-refractivity contribution in [1.82, 2.24) is 10.2 Å². The number of benzene rings is 1. The van der Waals surface area contributed by atoms with Crippen molar-refractivity contribution in [2.24, 2.45) is 5.92 Å². The molecule has 0 unspecified atom stereocenters. The van der Waals surface area contributed by atoms with Crippen LogP contribution in [-0.4, -0.2) is 36.9 Å². The van der Waals surface area contributed by atoms with Gasteiger partial charge in [-0.2, -0.15) is 0 Å². The summed E-state index contributed by atoms with van der Waals surface area (Å²) in [6, 6.07) is 5.37. The Hall–Kier alpha value is -0.880. The van der Waals surface area contributed by atoms with Gasteiger partial charge in [-0.3, -0.25) is 9.59 Å². The van der Waals surface area contributed by atoms with E-state index in [1.165, 1.54) is 4.90 Å². The number of halogens is 2. The summed E-state index contributed by atoms with van der Waals surface area (Å²) in [7, 11) is 1.62. The van der Waals surface area contributed by atoms with E-state index in [0.717, 1.165) is 4.47 Å². The molecule has 0 radical (unpaired) electrons. The minimum absolute atomic E-state index is 0.0461. The van der Waals surface area contributed by atoms with Crippen molar-refractivity contribution in [3.63, 3.8) is 0 Å². The highest BCUT2D eigenvalue weighted by atomic mass is 79.9. The number of carbonyl (C=O) groups is 2. The van der Waals surface area contributed by atoms with Gasteiger partial charge in [0.25, 0.3) is 5.91 Å². The van der Waals surface area contributed by atoms with E-state index in [1.54, 1.807) is 19.2 Å². The van der Waals surface area contributed by atoms with Crippen LogP contribution in [0.2, 0.25) is 0 Å². The van der Waals surface area contributed by atoms with Crippen LogP contribution in [0.25, 0.3) is 0 Å². The first kappa shape index (κ1) is 17.2. The van der Waals surface area contributed by atoms with E-state index in [-0.39, 0.29) is 18.4 Å². The lowest BCUT2D eigenvalue weighted by Crippen LogP contribution is -2.39. The van der Waals surface area contributed by atoms with Gasteiger partial charge < -0.3 is 10.2 Å². The van der Waals surface area contributed by atoms with E-state index < -0.39 is 0 Å². The minimum atomic E-state index is -0.196. The van der Waals surface area contributed by atoms with Gasteiger partial charge in [-0.1, -0.05) is 29.8 Å². The summed E-state index contributed by atoms with van der Waals surface area (Å²) >= 11 is 6.68. The Bertz CT molecular complexity index is 504. The molecular weight excluding hydrogens is 388 g/mol. The molecule has 110 valence electrons. The molecule has 20 heavy (non-hydrogen) atoms. The van der Waals surface area contributed by atoms with Crippen LogP contribution in [-0.2, 0) is 4.79 Å². The third-order valence-electron chi connectivity index (χ3n) is 2.59. The van der Waals surface area contributed by atoms with Crippen LogP contribution in [0.4, 0.5) is 0 Å². The SMILES string of the molecule is CC(C)CNC(=O)CN(C)C(=O)c1cc(Br)ccc1Br. The molecule has 1 rings (SSSR count). The Morgan fingerprint density at radius 2 is 1.95 bits per heavy atom. The van der Waals surface area contributed by atoms with Crippen molar-refractivity contribution in [2.75, 3.05) is 20.1 Å². The van der Waals surface area contributed by atoms with Crippen LogP contribution >= 0.6 is 31.9 Å². The second kappa shape index (κ2) is 7.78. The second-order valence-corrected chi connectivity index (χ2v) is 6.75. The van der Waals surface area contributed by atoms with Crippen LogP contribution in [0.3, 0.4) is 0 Å². The first-order chi connectivity index (χ1) is 9.31. The molecule has 6 heteroatoms. The van der Waals surface area contributed by atoms with Gasteiger partial charge in [-0.25, -0.2) is 0 Å². The number of carbonyl (C=O) groups excluding carboxylic acids is 2. The maximum absolute atomic E-state index is 12.3. The molecule has 1 N–H and O–H groups in total. The van der Waals surface area contributed by atoms with Gasteiger partial charge in [0.1, 0.15) is 0 Å². The van der Waals surface area contributed by atoms with E-state index in [1.807, 2.05) is 19.9 Å². The Labute approximate surface area is 136 Å². The predicted molar refractivity (Wildman–Crippen MR) is 86.7 cm³/mol. The fourth-order valence-corrected chi connectivity index (χ4v) is 2.31. The van der Waals surface area contributed by atoms with Crippen LogP contribution in [0.5, 0.6) is 0 Å². The molecule has 0 saturated carbocycles. The summed E-state index contributed by atoms with van der Waals surface area (Å²) in [6.07, 6.45) is 0. The van der Waals surface area contributed by atoms with Crippen LogP contribution in [0.15, 0.2) is 27.1 Å². The molecule has 1 aromatic carbocycles. The standard InChI is InChI=1S/C14H18Br2N2O2/c1-9(2)7-17-13(19)8-18(3)14(20)11-6-10(15)4-5-12(11)16/h4-6,9H,7-8H2,1-3H3,(H,17,19). The number of amides is 2. The van der Waals surface area contributed by atoms with Crippen molar-refractivity contribution in [3.8, 4) is 0 Å². The van der Waals surface area contributed by atoms with Crippen molar-refractivity contribution in [2.45, 2.75) is 13.8 Å². The molecule has 0 aliphatic carbocycles. The van der Waals surface area contributed by atoms with E-state index in [0.29, 0.717) is 22.5 Å². The largest absolute Gasteiger partial charge is 0.354 e. The molecular formula is C14H18Br2N2O2. The van der Waals surface area contributed by atoms with Crippen LogP contribution in [0, 0.1) is 5.92 Å². The monoisotopic (exact) mass is 404 g/mol. The Morgan fingerprint density at radius 3 is 2.55 bits per heavy atom. The maximum atomic E-state index is 12.3. The molecule has 0 bridgehead atoms. The van der Waals surface area contributed by atoms with E-state index in [9.17, 15) is 9.59 Å². The highest BCUT2D eigenvalue weighted by molar-refractivity contribution is 9.11. The summed E-state index contributed by atoms with van der Waals surface area (Å²) in [5.41, 5.74) is 0.526. The van der Waals surface area contributed by atoms with Gasteiger partial charge in [0.2, 0.25) is 5.91 Å². The summed E-state index contributed by atoms with van der Waals surface area (Å²) < 4.78 is 1.53. The minimum Gasteiger partial charge on any atom is -0.354 e. The molecule has 1 aromatic rings. The molecule has 0 fully saturated rings. The number of rotatable bonds is 5. The summed E-state index contributed by atoms with van der Waals surface area (Å²) in [5, 5.41) is 2.79. The zero-order valence-electron chi connectivity index (χ0n) is 11.7. The quantitative estimate of drug-likeness (QED) is 0.818. The normalized spacial score (nSPS) is 10.5. The zero-order valence-corrected chi connectivity index (χ0v) is 14.9. The highest BCUT2D eigenvalue weighted by Gasteiger charge is 2.17. The van der Waals surface area contributed by atoms with Crippen molar-refractivity contribution >= 4 is 43.7 Å². The smallest absolute Gasteiger partial charge is 0.255 e. The van der Waals surface area contributed by atoms with Gasteiger partial charge in [-0.05, 0) is 40.0 Å². The van der Waals surface area contributed by atoms with Crippen LogP contribution < -0.4 is 5.32 Å². The molecule has 0 spiro atoms. The maximum Gasteiger partial charge on any atom is 0.255 e. The molecule has 0 atom stereocenters. The third kappa shape index (κ3) is 5.25. The van der Waals surface area contributed by atoms with E-state index in [4.69, 9.17) is 0 Å². The summed E-state index contributed by atoms with van der Waals surface area (Å²) in [6.45, 7) is 4.70. The highest BCUT2D eigenvalue weighted by Crippen LogP contribution is 2.22. The van der Waals surface area contributed by atoms with Crippen molar-refractivity contribution in [3.05, 3.63) is 32.7 Å². The number of likely N-dealkylation sites (N-methyl/N-ethyl adjacent to an activating group) is 1. The fraction of sp³-hybridized carbons (Fsp3) is 0.429. The van der Waals surface area contributed by atoms with Gasteiger partial charge in [-0.15, -0.1) is 0 Å². The Morgan fingerprint density at radius 1 is 1.30 bits per heavy atom. The summed E-state index contributed by atoms with van der Waals surface area (Å²) in [5.74, 6) is 0.0396. The van der Waals surface area contributed by atoms with Crippen LogP contribution in [0.1, 0.15) is 24.2 Å². The topological polar surface area (TPSA) is 49.4 Å². The zero-order chi connectivity index (χ0) is 15.3. The fourth-order valence-electron chi connectivity index (χ4n) is 1.53. The van der Waals surface area contributed by atoms with Gasteiger partial charge >= 0.3 is 0 Å².